The second-order valence-corrected chi connectivity index (χ2v) is 11.9. The van der Waals surface area contributed by atoms with Crippen molar-refractivity contribution in [2.24, 2.45) is 17.4 Å². The highest BCUT2D eigenvalue weighted by atomic mass is 16.2. The molecule has 2 aliphatic rings. The van der Waals surface area contributed by atoms with E-state index in [2.05, 4.69) is 22.5 Å². The first-order valence-electron chi connectivity index (χ1n) is 14.3. The number of carbonyl (C=O) groups is 2. The lowest BCUT2D eigenvalue weighted by molar-refractivity contribution is -0.137. The lowest BCUT2D eigenvalue weighted by Gasteiger charge is -2.37. The predicted octanol–water partition coefficient (Wildman–Crippen LogP) is 1.68. The van der Waals surface area contributed by atoms with E-state index in [1.807, 2.05) is 24.3 Å². The van der Waals surface area contributed by atoms with Crippen LogP contribution in [0.25, 0.3) is 5.69 Å². The Kier molecular flexibility index (Phi) is 9.60. The van der Waals surface area contributed by atoms with Crippen LogP contribution < -0.4 is 27.8 Å². The van der Waals surface area contributed by atoms with Gasteiger partial charge in [-0.25, -0.2) is 9.59 Å². The average Bonchev–Trinajstić information content (AvgIpc) is 2.92. The maximum absolute atomic E-state index is 12.7. The Hall–Kier alpha value is -3.28. The first-order chi connectivity index (χ1) is 19.0. The van der Waals surface area contributed by atoms with Crippen molar-refractivity contribution < 1.29 is 9.59 Å². The Balaban J connectivity index is 1.27. The van der Waals surface area contributed by atoms with Crippen LogP contribution in [0.2, 0.25) is 0 Å². The van der Waals surface area contributed by atoms with Gasteiger partial charge in [-0.1, -0.05) is 18.6 Å². The highest BCUT2D eigenvalue weighted by Gasteiger charge is 2.31. The van der Waals surface area contributed by atoms with E-state index in [0.717, 1.165) is 25.8 Å². The Labute approximate surface area is 236 Å². The number of piperazine rings is 1. The van der Waals surface area contributed by atoms with Crippen molar-refractivity contribution in [1.29, 1.82) is 0 Å². The zero-order valence-electron chi connectivity index (χ0n) is 23.9. The molecule has 0 radical (unpaired) electrons. The first-order valence-corrected chi connectivity index (χ1v) is 14.3. The zero-order valence-corrected chi connectivity index (χ0v) is 23.9. The van der Waals surface area contributed by atoms with Gasteiger partial charge in [-0.05, 0) is 82.7 Å². The molecule has 1 saturated carbocycles. The SMILES string of the molecule is CC(Cc1ccc(-n2ccc(NC(=O)N3CCN(C(=O)C(C)(C)N)CC3)nc2=O)cc1)NCC1CCC[C@@H](N)C1. The number of aromatic nitrogens is 2. The summed E-state index contributed by atoms with van der Waals surface area (Å²) in [7, 11) is 0. The molecule has 2 heterocycles. The van der Waals surface area contributed by atoms with Gasteiger partial charge in [-0.15, -0.1) is 0 Å². The largest absolute Gasteiger partial charge is 0.354 e. The van der Waals surface area contributed by atoms with Crippen LogP contribution >= 0.6 is 0 Å². The second-order valence-electron chi connectivity index (χ2n) is 11.9. The summed E-state index contributed by atoms with van der Waals surface area (Å²) < 4.78 is 1.45. The first kappa shape index (κ1) is 29.7. The maximum atomic E-state index is 12.7. The van der Waals surface area contributed by atoms with Crippen molar-refractivity contribution in [2.75, 3.05) is 38.0 Å². The van der Waals surface area contributed by atoms with Crippen molar-refractivity contribution in [3.8, 4) is 5.69 Å². The molecule has 11 nitrogen and oxygen atoms in total. The third kappa shape index (κ3) is 7.89. The minimum Gasteiger partial charge on any atom is -0.338 e. The van der Waals surface area contributed by atoms with Crippen molar-refractivity contribution in [3.63, 3.8) is 0 Å². The minimum absolute atomic E-state index is 0.141. The Morgan fingerprint density at radius 3 is 2.38 bits per heavy atom. The molecule has 3 amide bonds. The number of anilines is 1. The molecule has 4 rings (SSSR count). The topological polar surface area (TPSA) is 152 Å². The van der Waals surface area contributed by atoms with Crippen LogP contribution in [0.1, 0.15) is 52.0 Å². The van der Waals surface area contributed by atoms with Gasteiger partial charge >= 0.3 is 11.7 Å². The van der Waals surface area contributed by atoms with Gasteiger partial charge < -0.3 is 26.6 Å². The third-order valence-corrected chi connectivity index (χ3v) is 7.78. The number of nitrogens with zero attached hydrogens (tertiary/aromatic N) is 4. The highest BCUT2D eigenvalue weighted by Crippen LogP contribution is 2.22. The molecule has 6 N–H and O–H groups in total. The molecule has 0 spiro atoms. The van der Waals surface area contributed by atoms with E-state index in [0.29, 0.717) is 49.9 Å². The molecule has 1 aromatic heterocycles. The number of rotatable bonds is 8. The lowest BCUT2D eigenvalue weighted by Crippen LogP contribution is -2.58. The van der Waals surface area contributed by atoms with Crippen molar-refractivity contribution in [1.82, 2.24) is 24.7 Å². The van der Waals surface area contributed by atoms with Crippen LogP contribution in [0.5, 0.6) is 0 Å². The molecular weight excluding hydrogens is 508 g/mol. The van der Waals surface area contributed by atoms with Crippen LogP contribution in [0.3, 0.4) is 0 Å². The molecule has 2 unspecified atom stereocenters. The molecule has 1 aliphatic heterocycles. The van der Waals surface area contributed by atoms with E-state index in [-0.39, 0.29) is 17.8 Å². The van der Waals surface area contributed by atoms with Gasteiger partial charge in [0, 0.05) is 44.5 Å². The summed E-state index contributed by atoms with van der Waals surface area (Å²) in [5, 5.41) is 6.35. The summed E-state index contributed by atoms with van der Waals surface area (Å²) in [6, 6.07) is 9.81. The average molecular weight is 553 g/mol. The lowest BCUT2D eigenvalue weighted by atomic mass is 9.86. The minimum atomic E-state index is -0.947. The fourth-order valence-electron chi connectivity index (χ4n) is 5.48. The van der Waals surface area contributed by atoms with Crippen LogP contribution in [0.15, 0.2) is 41.3 Å². The summed E-state index contributed by atoms with van der Waals surface area (Å²) in [4.78, 5) is 45.1. The molecular formula is C29H44N8O3. The molecule has 218 valence electrons. The van der Waals surface area contributed by atoms with E-state index >= 15 is 0 Å². The highest BCUT2D eigenvalue weighted by molar-refractivity contribution is 5.89. The van der Waals surface area contributed by atoms with Crippen LogP contribution in [-0.2, 0) is 11.2 Å². The van der Waals surface area contributed by atoms with Crippen molar-refractivity contribution in [2.45, 2.75) is 70.5 Å². The van der Waals surface area contributed by atoms with Crippen molar-refractivity contribution >= 4 is 17.8 Å². The number of nitrogens with one attached hydrogen (secondary N) is 2. The number of hydrogen-bond donors (Lipinski definition) is 4. The summed E-state index contributed by atoms with van der Waals surface area (Å²) >= 11 is 0. The summed E-state index contributed by atoms with van der Waals surface area (Å²) in [5.74, 6) is 0.700. The Morgan fingerprint density at radius 2 is 1.75 bits per heavy atom. The summed E-state index contributed by atoms with van der Waals surface area (Å²) in [6.45, 7) is 8.10. The molecule has 40 heavy (non-hydrogen) atoms. The third-order valence-electron chi connectivity index (χ3n) is 7.78. The normalized spacial score (nSPS) is 20.7. The fraction of sp³-hybridized carbons (Fsp3) is 0.586. The van der Waals surface area contributed by atoms with Gasteiger partial charge in [0.05, 0.1) is 11.2 Å². The van der Waals surface area contributed by atoms with E-state index in [4.69, 9.17) is 11.5 Å². The van der Waals surface area contributed by atoms with Gasteiger partial charge in [0.25, 0.3) is 0 Å². The van der Waals surface area contributed by atoms with Crippen LogP contribution in [0, 0.1) is 5.92 Å². The predicted molar refractivity (Wildman–Crippen MR) is 156 cm³/mol. The van der Waals surface area contributed by atoms with Crippen LogP contribution in [0.4, 0.5) is 10.6 Å². The van der Waals surface area contributed by atoms with Crippen molar-refractivity contribution in [3.05, 3.63) is 52.6 Å². The number of benzene rings is 1. The number of urea groups is 1. The molecule has 3 atom stereocenters. The molecule has 1 aliphatic carbocycles. The van der Waals surface area contributed by atoms with Gasteiger partial charge in [0.15, 0.2) is 0 Å². The van der Waals surface area contributed by atoms with Gasteiger partial charge in [-0.3, -0.25) is 14.7 Å². The summed E-state index contributed by atoms with van der Waals surface area (Å²) in [5.41, 5.74) is 12.5. The van der Waals surface area contributed by atoms with E-state index in [9.17, 15) is 14.4 Å². The Morgan fingerprint density at radius 1 is 1.07 bits per heavy atom. The quantitative estimate of drug-likeness (QED) is 0.389. The number of amides is 3. The molecule has 1 aromatic carbocycles. The molecule has 2 fully saturated rings. The zero-order chi connectivity index (χ0) is 28.9. The van der Waals surface area contributed by atoms with Crippen LogP contribution in [-0.4, -0.2) is 81.6 Å². The van der Waals surface area contributed by atoms with Gasteiger partial charge in [0.1, 0.15) is 5.82 Å². The molecule has 1 saturated heterocycles. The van der Waals surface area contributed by atoms with E-state index in [1.54, 1.807) is 35.9 Å². The molecule has 2 aromatic rings. The fourth-order valence-corrected chi connectivity index (χ4v) is 5.48. The monoisotopic (exact) mass is 552 g/mol. The standard InChI is InChI=1S/C29H44N8O3/c1-20(32-19-22-5-4-6-23(30)18-22)17-21-7-9-24(10-8-21)37-12-11-25(34-28(37)40)33-27(39)36-15-13-35(14-16-36)26(38)29(2,3)31/h7-12,20,22-23,32H,4-6,13-19,30-31H2,1-3H3,(H,33,34,39,40)/t20?,22?,23-/m1/s1. The maximum Gasteiger partial charge on any atom is 0.354 e. The number of hydrogen-bond acceptors (Lipinski definition) is 7. The number of carbonyl (C=O) groups excluding carboxylic acids is 2. The van der Waals surface area contributed by atoms with E-state index < -0.39 is 11.2 Å². The smallest absolute Gasteiger partial charge is 0.338 e. The van der Waals surface area contributed by atoms with E-state index in [1.165, 1.54) is 23.0 Å². The Bertz CT molecular complexity index is 1220. The summed E-state index contributed by atoms with van der Waals surface area (Å²) in [6.07, 6.45) is 7.22. The second kappa shape index (κ2) is 12.9. The number of nitrogens with two attached hydrogens (primary N) is 2. The van der Waals surface area contributed by atoms with Gasteiger partial charge in [-0.2, -0.15) is 4.98 Å². The molecule has 0 bridgehead atoms. The molecule has 11 heteroatoms. The van der Waals surface area contributed by atoms with Gasteiger partial charge in [0.2, 0.25) is 5.91 Å².